The Balaban J connectivity index is 1.15. The number of hydrogen-bond acceptors (Lipinski definition) is 0. The molecule has 13 aromatic rings. The van der Waals surface area contributed by atoms with Crippen molar-refractivity contribution in [2.45, 2.75) is 0 Å². The molecule has 2 aliphatic carbocycles. The molecule has 2 aliphatic rings. The topological polar surface area (TPSA) is 9.86 Å². The summed E-state index contributed by atoms with van der Waals surface area (Å²) in [5, 5.41) is 4.92. The van der Waals surface area contributed by atoms with E-state index in [1.54, 1.807) is 0 Å². The quantitative estimate of drug-likeness (QED) is 0.144. The van der Waals surface area contributed by atoms with Crippen LogP contribution < -0.4 is 0 Å². The summed E-state index contributed by atoms with van der Waals surface area (Å²) >= 11 is 0. The first-order chi connectivity index (χ1) is 36.8. The van der Waals surface area contributed by atoms with Gasteiger partial charge in [-0.3, -0.25) is 0 Å². The maximum atomic E-state index is 2.51. The first-order valence-electron chi connectivity index (χ1n) is 25.6. The van der Waals surface area contributed by atoms with Gasteiger partial charge in [0.05, 0.1) is 22.1 Å². The maximum Gasteiger partial charge on any atom is 0.0547 e. The van der Waals surface area contributed by atoms with Crippen molar-refractivity contribution in [2.24, 2.45) is 0 Å². The molecule has 0 aliphatic heterocycles. The monoisotopic (exact) mass is 938 g/mol. The Bertz CT molecular complexity index is 4460. The van der Waals surface area contributed by atoms with Crippen molar-refractivity contribution >= 4 is 71.5 Å². The van der Waals surface area contributed by atoms with Gasteiger partial charge >= 0.3 is 0 Å². The van der Waals surface area contributed by atoms with Gasteiger partial charge in [-0.1, -0.05) is 218 Å². The number of hydrogen-bond donors (Lipinski definition) is 0. The van der Waals surface area contributed by atoms with Crippen LogP contribution in [0.15, 0.2) is 285 Å². The van der Waals surface area contributed by atoms with E-state index in [1.807, 2.05) is 0 Å². The van der Waals surface area contributed by atoms with Crippen molar-refractivity contribution in [1.82, 2.24) is 9.13 Å². The predicted octanol–water partition coefficient (Wildman–Crippen LogP) is 18.6. The minimum Gasteiger partial charge on any atom is -0.309 e. The lowest BCUT2D eigenvalue weighted by Crippen LogP contribution is -1.98. The molecule has 0 atom stereocenters. The molecule has 2 aromatic heterocycles. The van der Waals surface area contributed by atoms with Gasteiger partial charge in [0.1, 0.15) is 0 Å². The highest BCUT2D eigenvalue weighted by atomic mass is 15.0. The lowest BCUT2D eigenvalue weighted by atomic mass is 9.84. The minimum atomic E-state index is 1.14. The Morgan fingerprint density at radius 3 is 1.18 bits per heavy atom. The van der Waals surface area contributed by atoms with Crippen molar-refractivity contribution in [3.63, 3.8) is 0 Å². The number of rotatable bonds is 8. The summed E-state index contributed by atoms with van der Waals surface area (Å²) in [5.74, 6) is 0. The fourth-order valence-electron chi connectivity index (χ4n) is 12.4. The van der Waals surface area contributed by atoms with Crippen LogP contribution in [0.1, 0.15) is 33.4 Å². The van der Waals surface area contributed by atoms with E-state index >= 15 is 0 Å². The molecule has 0 fully saturated rings. The summed E-state index contributed by atoms with van der Waals surface area (Å²) in [6.07, 6.45) is 0. The van der Waals surface area contributed by atoms with E-state index in [-0.39, 0.29) is 0 Å². The van der Waals surface area contributed by atoms with Gasteiger partial charge in [0.2, 0.25) is 0 Å². The first kappa shape index (κ1) is 42.0. The molecular weight excluding hydrogens is 893 g/mol. The van der Waals surface area contributed by atoms with Gasteiger partial charge in [-0.25, -0.2) is 0 Å². The van der Waals surface area contributed by atoms with Crippen LogP contribution in [0.25, 0.3) is 105 Å². The van der Waals surface area contributed by atoms with Crippen molar-refractivity contribution < 1.29 is 0 Å². The van der Waals surface area contributed by atoms with Crippen molar-refractivity contribution in [3.8, 4) is 33.6 Å². The summed E-state index contributed by atoms with van der Waals surface area (Å²) in [6.45, 7) is 0. The minimum absolute atomic E-state index is 1.14. The number of allylic oxidation sites excluding steroid dienone is 5. The van der Waals surface area contributed by atoms with E-state index < -0.39 is 0 Å². The summed E-state index contributed by atoms with van der Waals surface area (Å²) < 4.78 is 4.91. The summed E-state index contributed by atoms with van der Waals surface area (Å²) in [4.78, 5) is 0. The normalized spacial score (nSPS) is 13.2. The number of fused-ring (bicyclic) bond motifs is 9. The first-order valence-corrected chi connectivity index (χ1v) is 25.6. The molecule has 2 nitrogen and oxygen atoms in total. The fraction of sp³-hybridized carbons (Fsp3) is 0. The highest BCUT2D eigenvalue weighted by molar-refractivity contribution is 6.41. The molecule has 0 bridgehead atoms. The van der Waals surface area contributed by atoms with Gasteiger partial charge < -0.3 is 9.13 Å². The summed E-state index contributed by atoms with van der Waals surface area (Å²) in [7, 11) is 0. The van der Waals surface area contributed by atoms with Gasteiger partial charge in [0.25, 0.3) is 0 Å². The highest BCUT2D eigenvalue weighted by Gasteiger charge is 2.42. The third-order valence-electron chi connectivity index (χ3n) is 15.4. The van der Waals surface area contributed by atoms with E-state index in [1.165, 1.54) is 133 Å². The van der Waals surface area contributed by atoms with Gasteiger partial charge in [0, 0.05) is 32.9 Å². The van der Waals surface area contributed by atoms with Gasteiger partial charge in [-0.05, 0) is 150 Å². The fourth-order valence-corrected chi connectivity index (χ4v) is 12.4. The predicted molar refractivity (Wildman–Crippen MR) is 311 cm³/mol. The van der Waals surface area contributed by atoms with Crippen molar-refractivity contribution in [3.05, 3.63) is 318 Å². The molecule has 0 saturated carbocycles. The average molecular weight is 939 g/mol. The van der Waals surface area contributed by atoms with Gasteiger partial charge in [0.15, 0.2) is 0 Å². The van der Waals surface area contributed by atoms with Crippen LogP contribution in [0.3, 0.4) is 0 Å². The van der Waals surface area contributed by atoms with Crippen LogP contribution in [0.4, 0.5) is 0 Å². The number of para-hydroxylation sites is 4. The lowest BCUT2D eigenvalue weighted by molar-refractivity contribution is 1.18. The Hall–Kier alpha value is -9.76. The molecule has 0 spiro atoms. The number of benzene rings is 11. The van der Waals surface area contributed by atoms with Crippen LogP contribution >= 0.6 is 0 Å². The van der Waals surface area contributed by atoms with Crippen LogP contribution in [0.2, 0.25) is 0 Å². The number of nitrogens with zero attached hydrogens (tertiary/aromatic N) is 2. The molecule has 0 radical (unpaired) electrons. The van der Waals surface area contributed by atoms with E-state index in [2.05, 4.69) is 288 Å². The van der Waals surface area contributed by atoms with E-state index in [0.29, 0.717) is 0 Å². The Morgan fingerprint density at radius 2 is 0.595 bits per heavy atom. The molecule has 11 aromatic carbocycles. The van der Waals surface area contributed by atoms with Crippen LogP contribution in [0.5, 0.6) is 0 Å². The summed E-state index contributed by atoms with van der Waals surface area (Å²) in [6, 6.07) is 103. The molecule has 0 amide bonds. The molecule has 0 unspecified atom stereocenters. The molecule has 2 heterocycles. The third-order valence-corrected chi connectivity index (χ3v) is 15.4. The average Bonchev–Trinajstić information content (AvgIpc) is 4.25. The molecule has 0 N–H and O–H groups in total. The molecule has 0 saturated heterocycles. The van der Waals surface area contributed by atoms with E-state index in [4.69, 9.17) is 0 Å². The second-order valence-electron chi connectivity index (χ2n) is 19.5. The second-order valence-corrected chi connectivity index (χ2v) is 19.5. The van der Waals surface area contributed by atoms with Crippen LogP contribution in [-0.4, -0.2) is 9.13 Å². The lowest BCUT2D eigenvalue weighted by Gasteiger charge is -2.19. The van der Waals surface area contributed by atoms with Crippen LogP contribution in [-0.2, 0) is 0 Å². The standard InChI is InChI=1S/C72H46N2/c1-7-24-47(25-8-1)58-45-60-61(46-59(58)48-26-9-2-10-27-48)71-67(50-30-13-4-14-31-50)68(51-42-43-55-54-36-19-21-39-62(54)74(65(55)44-51)53-34-17-6-18-35-53)70(72(71)66(60)49-28-11-3-12-29-49)57-38-23-41-64-69(57)56-37-20-22-40-63(56)73(64)52-32-15-5-16-33-52/h1-46H. The third kappa shape index (κ3) is 6.38. The molecule has 344 valence electrons. The Kier molecular flexibility index (Phi) is 9.61. The zero-order chi connectivity index (χ0) is 48.7. The van der Waals surface area contributed by atoms with Crippen LogP contribution in [0, 0.1) is 0 Å². The summed E-state index contributed by atoms with van der Waals surface area (Å²) in [5.41, 5.74) is 26.5. The number of aromatic nitrogens is 2. The largest absolute Gasteiger partial charge is 0.309 e. The molecule has 2 heteroatoms. The molecular formula is C72H46N2. The Morgan fingerprint density at radius 1 is 0.189 bits per heavy atom. The van der Waals surface area contributed by atoms with Gasteiger partial charge in [-0.2, -0.15) is 0 Å². The Labute approximate surface area is 430 Å². The zero-order valence-electron chi connectivity index (χ0n) is 40.5. The van der Waals surface area contributed by atoms with E-state index in [0.717, 1.165) is 11.4 Å². The van der Waals surface area contributed by atoms with Crippen molar-refractivity contribution in [2.75, 3.05) is 0 Å². The smallest absolute Gasteiger partial charge is 0.0547 e. The SMILES string of the molecule is c1ccc(C2=C3C(=C(c4ccccc4)c4cc(-c5ccccc5)c(-c5ccccc5)cc43)C(c3cccc4c3c3ccccc3n4-c3ccccc3)=C2c2ccc3c4ccccc4n(-c4ccccc4)c3c2)cc1. The molecule has 15 rings (SSSR count). The zero-order valence-corrected chi connectivity index (χ0v) is 40.5. The van der Waals surface area contributed by atoms with E-state index in [9.17, 15) is 0 Å². The highest BCUT2D eigenvalue weighted by Crippen LogP contribution is 2.63. The maximum absolute atomic E-state index is 2.51. The van der Waals surface area contributed by atoms with Gasteiger partial charge in [-0.15, -0.1) is 0 Å². The van der Waals surface area contributed by atoms with Crippen molar-refractivity contribution in [1.29, 1.82) is 0 Å². The second kappa shape index (κ2) is 16.9. The molecule has 74 heavy (non-hydrogen) atoms.